The molecule has 6 nitrogen and oxygen atoms in total. The summed E-state index contributed by atoms with van der Waals surface area (Å²) in [6, 6.07) is 7.19. The Morgan fingerprint density at radius 2 is 1.81 bits per heavy atom. The van der Waals surface area contributed by atoms with Crippen molar-refractivity contribution in [1.82, 2.24) is 19.1 Å². The summed E-state index contributed by atoms with van der Waals surface area (Å²) in [5, 5.41) is 24.5. The van der Waals surface area contributed by atoms with Crippen LogP contribution in [0.3, 0.4) is 0 Å². The molecule has 0 spiro atoms. The van der Waals surface area contributed by atoms with Gasteiger partial charge in [-0.15, -0.1) is 0 Å². The maximum absolute atomic E-state index is 13.3. The van der Waals surface area contributed by atoms with Crippen LogP contribution in [-0.4, -0.2) is 41.6 Å². The molecular formula is C17H15F3N4O2S. The third-order valence-corrected chi connectivity index (χ3v) is 5.57. The zero-order chi connectivity index (χ0) is 19.2. The zero-order valence-corrected chi connectivity index (χ0v) is 14.7. The van der Waals surface area contributed by atoms with Crippen molar-refractivity contribution in [3.63, 3.8) is 0 Å². The van der Waals surface area contributed by atoms with E-state index in [4.69, 9.17) is 0 Å². The molecule has 0 bridgehead atoms. The van der Waals surface area contributed by atoms with E-state index in [2.05, 4.69) is 10.1 Å². The summed E-state index contributed by atoms with van der Waals surface area (Å²) in [6.07, 6.45) is -1.15. The largest absolute Gasteiger partial charge is 0.435 e. The highest BCUT2D eigenvalue weighted by molar-refractivity contribution is 7.97. The molecule has 0 aliphatic carbocycles. The predicted octanol–water partition coefficient (Wildman–Crippen LogP) is 2.89. The number of hydrogen-bond acceptors (Lipinski definition) is 6. The highest BCUT2D eigenvalue weighted by Crippen LogP contribution is 2.36. The number of fused-ring (bicyclic) bond motifs is 1. The topological polar surface area (TPSA) is 74.4 Å². The van der Waals surface area contributed by atoms with E-state index in [0.717, 1.165) is 16.9 Å². The first-order valence-corrected chi connectivity index (χ1v) is 9.09. The fourth-order valence-corrected chi connectivity index (χ4v) is 4.05. The molecule has 10 heteroatoms. The first-order valence-electron chi connectivity index (χ1n) is 8.14. The Labute approximate surface area is 156 Å². The van der Waals surface area contributed by atoms with E-state index in [1.54, 1.807) is 0 Å². The first kappa shape index (κ1) is 18.2. The zero-order valence-electron chi connectivity index (χ0n) is 13.9. The highest BCUT2D eigenvalue weighted by atomic mass is 32.2. The number of aliphatic hydroxyl groups is 2. The average molecular weight is 396 g/mol. The average Bonchev–Trinajstić information content (AvgIpc) is 3.30. The van der Waals surface area contributed by atoms with E-state index in [0.29, 0.717) is 12.2 Å². The first-order chi connectivity index (χ1) is 12.8. The number of aromatic nitrogens is 3. The number of benzene rings is 1. The van der Waals surface area contributed by atoms with Crippen LogP contribution in [0.5, 0.6) is 0 Å². The van der Waals surface area contributed by atoms with Gasteiger partial charge in [0, 0.05) is 29.4 Å². The molecule has 3 aromatic rings. The van der Waals surface area contributed by atoms with Crippen LogP contribution in [-0.2, 0) is 12.1 Å². The van der Waals surface area contributed by atoms with Gasteiger partial charge in [-0.1, -0.05) is 11.9 Å². The van der Waals surface area contributed by atoms with Crippen LogP contribution in [0.25, 0.3) is 16.6 Å². The molecule has 1 fully saturated rings. The van der Waals surface area contributed by atoms with Crippen molar-refractivity contribution in [3.05, 3.63) is 54.0 Å². The summed E-state index contributed by atoms with van der Waals surface area (Å²) in [5.41, 5.74) is -0.188. The molecular weight excluding hydrogens is 381 g/mol. The minimum Gasteiger partial charge on any atom is -0.349 e. The van der Waals surface area contributed by atoms with Crippen LogP contribution >= 0.6 is 11.9 Å². The Kier molecular flexibility index (Phi) is 4.38. The van der Waals surface area contributed by atoms with Crippen molar-refractivity contribution >= 4 is 22.9 Å². The molecule has 1 saturated heterocycles. The van der Waals surface area contributed by atoms with Crippen LogP contribution < -0.4 is 0 Å². The molecule has 4 rings (SSSR count). The molecule has 0 unspecified atom stereocenters. The lowest BCUT2D eigenvalue weighted by molar-refractivity contribution is -0.238. The van der Waals surface area contributed by atoms with Crippen molar-refractivity contribution in [2.75, 3.05) is 12.3 Å². The maximum atomic E-state index is 13.3. The molecule has 1 aromatic carbocycles. The summed E-state index contributed by atoms with van der Waals surface area (Å²) < 4.78 is 42.4. The molecule has 0 amide bonds. The number of halogens is 3. The van der Waals surface area contributed by atoms with E-state index in [-0.39, 0.29) is 16.5 Å². The van der Waals surface area contributed by atoms with E-state index >= 15 is 0 Å². The van der Waals surface area contributed by atoms with Crippen molar-refractivity contribution in [2.24, 2.45) is 0 Å². The molecule has 27 heavy (non-hydrogen) atoms. The molecule has 2 aromatic heterocycles. The Hall–Kier alpha value is -2.14. The minimum absolute atomic E-state index is 0.0475. The van der Waals surface area contributed by atoms with Gasteiger partial charge in [0.05, 0.1) is 17.4 Å². The van der Waals surface area contributed by atoms with Gasteiger partial charge in [-0.2, -0.15) is 22.6 Å². The Morgan fingerprint density at radius 3 is 2.44 bits per heavy atom. The maximum Gasteiger partial charge on any atom is 0.435 e. The Morgan fingerprint density at radius 1 is 1.07 bits per heavy atom. The fourth-order valence-electron chi connectivity index (χ4n) is 3.03. The van der Waals surface area contributed by atoms with Gasteiger partial charge < -0.3 is 10.2 Å². The second-order valence-electron chi connectivity index (χ2n) is 6.12. The van der Waals surface area contributed by atoms with E-state index in [1.165, 1.54) is 59.0 Å². The number of pyridine rings is 1. The number of hydrogen-bond donors (Lipinski definition) is 2. The van der Waals surface area contributed by atoms with Crippen molar-refractivity contribution in [2.45, 2.75) is 18.5 Å². The van der Waals surface area contributed by atoms with Gasteiger partial charge in [0.2, 0.25) is 0 Å². The van der Waals surface area contributed by atoms with Gasteiger partial charge in [-0.05, 0) is 36.8 Å². The fraction of sp³-hybridized carbons (Fsp3) is 0.294. The smallest absolute Gasteiger partial charge is 0.349 e. The molecule has 142 valence electrons. The molecule has 0 radical (unpaired) electrons. The van der Waals surface area contributed by atoms with Crippen molar-refractivity contribution in [1.29, 1.82) is 0 Å². The van der Waals surface area contributed by atoms with Crippen LogP contribution in [0, 0.1) is 0 Å². The van der Waals surface area contributed by atoms with Gasteiger partial charge in [-0.3, -0.25) is 4.98 Å². The normalized spacial score (nSPS) is 16.3. The van der Waals surface area contributed by atoms with Gasteiger partial charge in [0.15, 0.2) is 5.69 Å². The van der Waals surface area contributed by atoms with E-state index in [9.17, 15) is 23.4 Å². The van der Waals surface area contributed by atoms with Crippen LogP contribution in [0.1, 0.15) is 17.7 Å². The quantitative estimate of drug-likeness (QED) is 0.524. The lowest BCUT2D eigenvalue weighted by atomic mass is 10.1. The summed E-state index contributed by atoms with van der Waals surface area (Å²) >= 11 is 1.34. The molecule has 3 heterocycles. The van der Waals surface area contributed by atoms with Crippen LogP contribution in [0.2, 0.25) is 0 Å². The summed E-state index contributed by atoms with van der Waals surface area (Å²) in [4.78, 5) is 3.89. The van der Waals surface area contributed by atoms with Crippen LogP contribution in [0.4, 0.5) is 13.2 Å². The second-order valence-corrected chi connectivity index (χ2v) is 7.23. The Balaban J connectivity index is 1.75. The van der Waals surface area contributed by atoms with Gasteiger partial charge in [0.25, 0.3) is 5.91 Å². The lowest BCUT2D eigenvalue weighted by Gasteiger charge is -2.30. The summed E-state index contributed by atoms with van der Waals surface area (Å²) in [7, 11) is 0. The van der Waals surface area contributed by atoms with Gasteiger partial charge in [0.1, 0.15) is 0 Å². The number of nitrogens with zero attached hydrogens (tertiary/aromatic N) is 4. The minimum atomic E-state index is -4.59. The number of alkyl halides is 3. The SMILES string of the molecule is OC(O)(c1ccc(-n2nc(C(F)(F)F)c3ccncc32)cc1)N1CCCS1. The van der Waals surface area contributed by atoms with E-state index in [1.807, 2.05) is 0 Å². The lowest BCUT2D eigenvalue weighted by Crippen LogP contribution is -2.40. The van der Waals surface area contributed by atoms with Gasteiger partial charge >= 0.3 is 6.18 Å². The van der Waals surface area contributed by atoms with E-state index < -0.39 is 17.8 Å². The van der Waals surface area contributed by atoms with Crippen molar-refractivity contribution in [3.8, 4) is 5.69 Å². The standard InChI is InChI=1S/C17H15F3N4O2S/c18-16(19,20)15-13-6-7-21-10-14(13)24(22-15)12-4-2-11(3-5-12)17(25,26)23-8-1-9-27-23/h2-7,10,25-26H,1,8-9H2. The summed E-state index contributed by atoms with van der Waals surface area (Å²) in [6.45, 7) is 0.532. The summed E-state index contributed by atoms with van der Waals surface area (Å²) in [5.74, 6) is -1.35. The number of rotatable bonds is 3. The van der Waals surface area contributed by atoms with Crippen molar-refractivity contribution < 1.29 is 23.4 Å². The molecule has 2 N–H and O–H groups in total. The molecule has 1 aliphatic rings. The third kappa shape index (κ3) is 3.18. The highest BCUT2D eigenvalue weighted by Gasteiger charge is 2.38. The predicted molar refractivity (Wildman–Crippen MR) is 93.8 cm³/mol. The monoisotopic (exact) mass is 396 g/mol. The van der Waals surface area contributed by atoms with Gasteiger partial charge in [-0.25, -0.2) is 4.68 Å². The van der Waals surface area contributed by atoms with Crippen LogP contribution in [0.15, 0.2) is 42.7 Å². The third-order valence-electron chi connectivity index (χ3n) is 4.35. The Bertz CT molecular complexity index is 966. The molecule has 1 aliphatic heterocycles. The molecule has 0 atom stereocenters. The molecule has 0 saturated carbocycles. The second kappa shape index (κ2) is 6.48.